The highest BCUT2D eigenvalue weighted by molar-refractivity contribution is 6.19. The lowest BCUT2D eigenvalue weighted by molar-refractivity contribution is 1.12. The van der Waals surface area contributed by atoms with Gasteiger partial charge in [-0.05, 0) is 31.0 Å². The maximum absolute atomic E-state index is 5.92. The van der Waals surface area contributed by atoms with Gasteiger partial charge in [0, 0.05) is 17.0 Å². The van der Waals surface area contributed by atoms with Gasteiger partial charge in [0.05, 0.1) is 5.52 Å². The zero-order valence-corrected chi connectivity index (χ0v) is 11.0. The molecule has 2 rings (SSSR count). The molecule has 0 bridgehead atoms. The van der Waals surface area contributed by atoms with Gasteiger partial charge in [-0.25, -0.2) is 0 Å². The molecule has 1 heterocycles. The third-order valence-corrected chi connectivity index (χ3v) is 3.20. The lowest BCUT2D eigenvalue weighted by atomic mass is 10.0. The van der Waals surface area contributed by atoms with Gasteiger partial charge in [0.15, 0.2) is 0 Å². The van der Waals surface area contributed by atoms with Crippen LogP contribution in [0, 0.1) is 6.92 Å². The Morgan fingerprint density at radius 3 is 2.82 bits per heavy atom. The molecule has 0 fully saturated rings. The molecular formula is C15H16ClN. The van der Waals surface area contributed by atoms with Gasteiger partial charge in [-0.1, -0.05) is 36.8 Å². The van der Waals surface area contributed by atoms with Gasteiger partial charge < -0.3 is 0 Å². The number of para-hydroxylation sites is 1. The van der Waals surface area contributed by atoms with Gasteiger partial charge in [0.1, 0.15) is 0 Å². The lowest BCUT2D eigenvalue weighted by Crippen LogP contribution is -1.89. The summed E-state index contributed by atoms with van der Waals surface area (Å²) in [4.78, 5) is 4.53. The van der Waals surface area contributed by atoms with E-state index in [0.717, 1.165) is 17.6 Å². The van der Waals surface area contributed by atoms with Crippen LogP contribution in [0.1, 0.15) is 24.6 Å². The summed E-state index contributed by atoms with van der Waals surface area (Å²) < 4.78 is 0. The molecule has 0 spiro atoms. The summed E-state index contributed by atoms with van der Waals surface area (Å²) in [7, 11) is 0. The van der Waals surface area contributed by atoms with Crippen molar-refractivity contribution in [1.29, 1.82) is 0 Å². The van der Waals surface area contributed by atoms with E-state index in [2.05, 4.69) is 30.1 Å². The minimum absolute atomic E-state index is 0.589. The highest BCUT2D eigenvalue weighted by atomic mass is 35.5. The third-order valence-electron chi connectivity index (χ3n) is 2.86. The second-order valence-corrected chi connectivity index (χ2v) is 4.43. The molecule has 17 heavy (non-hydrogen) atoms. The number of benzene rings is 1. The first-order valence-corrected chi connectivity index (χ1v) is 6.40. The average Bonchev–Trinajstić information content (AvgIpc) is 2.35. The molecule has 0 atom stereocenters. The van der Waals surface area contributed by atoms with Gasteiger partial charge in [-0.15, -0.1) is 11.6 Å². The molecule has 0 saturated heterocycles. The number of nitrogens with zero attached hydrogens (tertiary/aromatic N) is 1. The van der Waals surface area contributed by atoms with Gasteiger partial charge in [-0.3, -0.25) is 4.98 Å². The second kappa shape index (κ2) is 5.33. The molecule has 1 aromatic carbocycles. The van der Waals surface area contributed by atoms with Crippen LogP contribution in [0.15, 0.2) is 35.9 Å². The van der Waals surface area contributed by atoms with Gasteiger partial charge in [0.25, 0.3) is 0 Å². The van der Waals surface area contributed by atoms with Crippen LogP contribution in [0.3, 0.4) is 0 Å². The molecule has 0 unspecified atom stereocenters. The predicted octanol–water partition coefficient (Wildman–Crippen LogP) is 4.58. The summed E-state index contributed by atoms with van der Waals surface area (Å²) in [5.41, 5.74) is 4.55. The Morgan fingerprint density at radius 1 is 1.35 bits per heavy atom. The average molecular weight is 246 g/mol. The summed E-state index contributed by atoms with van der Waals surface area (Å²) in [5, 5.41) is 1.19. The van der Waals surface area contributed by atoms with Crippen LogP contribution in [-0.2, 0) is 0 Å². The van der Waals surface area contributed by atoms with E-state index < -0.39 is 0 Å². The largest absolute Gasteiger partial charge is 0.253 e. The molecule has 2 heteroatoms. The maximum Gasteiger partial charge on any atom is 0.0711 e. The summed E-state index contributed by atoms with van der Waals surface area (Å²) in [6.45, 7) is 4.15. The molecule has 88 valence electrons. The summed E-state index contributed by atoms with van der Waals surface area (Å²) in [6, 6.07) is 10.3. The number of aromatic nitrogens is 1. The van der Waals surface area contributed by atoms with Crippen molar-refractivity contribution < 1.29 is 0 Å². The van der Waals surface area contributed by atoms with Crippen LogP contribution in [0.2, 0.25) is 0 Å². The van der Waals surface area contributed by atoms with E-state index in [4.69, 9.17) is 11.6 Å². The Labute approximate surface area is 107 Å². The van der Waals surface area contributed by atoms with E-state index in [1.807, 2.05) is 25.1 Å². The fraction of sp³-hybridized carbons (Fsp3) is 0.267. The Balaban J connectivity index is 2.63. The van der Waals surface area contributed by atoms with Crippen LogP contribution < -0.4 is 0 Å². The van der Waals surface area contributed by atoms with Gasteiger partial charge >= 0.3 is 0 Å². The van der Waals surface area contributed by atoms with E-state index in [1.165, 1.54) is 16.5 Å². The van der Waals surface area contributed by atoms with Crippen molar-refractivity contribution in [3.63, 3.8) is 0 Å². The topological polar surface area (TPSA) is 12.9 Å². The zero-order chi connectivity index (χ0) is 12.3. The number of alkyl halides is 1. The Morgan fingerprint density at radius 2 is 2.12 bits per heavy atom. The number of fused-ring (bicyclic) bond motifs is 1. The number of pyridine rings is 1. The first-order valence-electron chi connectivity index (χ1n) is 5.86. The number of allylic oxidation sites excluding steroid dienone is 1. The Hall–Kier alpha value is -1.34. The molecule has 1 aromatic heterocycles. The fourth-order valence-corrected chi connectivity index (χ4v) is 2.18. The van der Waals surface area contributed by atoms with Crippen molar-refractivity contribution in [2.24, 2.45) is 0 Å². The highest BCUT2D eigenvalue weighted by Gasteiger charge is 2.02. The summed E-state index contributed by atoms with van der Waals surface area (Å²) >= 11 is 5.92. The first-order chi connectivity index (χ1) is 8.24. The predicted molar refractivity (Wildman–Crippen MR) is 75.5 cm³/mol. The van der Waals surface area contributed by atoms with Crippen LogP contribution in [-0.4, -0.2) is 10.9 Å². The summed E-state index contributed by atoms with van der Waals surface area (Å²) in [6.07, 6.45) is 3.17. The SMILES string of the molecule is CCC(=Cc1cc(C)nc2ccccc12)CCl. The zero-order valence-electron chi connectivity index (χ0n) is 10.2. The molecule has 0 aliphatic heterocycles. The fourth-order valence-electron chi connectivity index (χ4n) is 1.91. The van der Waals surface area contributed by atoms with Crippen molar-refractivity contribution in [1.82, 2.24) is 4.98 Å². The van der Waals surface area contributed by atoms with Crippen LogP contribution >= 0.6 is 11.6 Å². The smallest absolute Gasteiger partial charge is 0.0711 e. The van der Waals surface area contributed by atoms with Crippen molar-refractivity contribution >= 4 is 28.6 Å². The van der Waals surface area contributed by atoms with E-state index >= 15 is 0 Å². The number of rotatable bonds is 3. The number of hydrogen-bond donors (Lipinski definition) is 0. The van der Waals surface area contributed by atoms with Gasteiger partial charge in [0.2, 0.25) is 0 Å². The third kappa shape index (κ3) is 2.67. The number of aryl methyl sites for hydroxylation is 1. The van der Waals surface area contributed by atoms with Gasteiger partial charge in [-0.2, -0.15) is 0 Å². The second-order valence-electron chi connectivity index (χ2n) is 4.16. The Kier molecular flexibility index (Phi) is 3.80. The van der Waals surface area contributed by atoms with Crippen molar-refractivity contribution in [2.45, 2.75) is 20.3 Å². The number of hydrogen-bond acceptors (Lipinski definition) is 1. The van der Waals surface area contributed by atoms with Crippen LogP contribution in [0.25, 0.3) is 17.0 Å². The van der Waals surface area contributed by atoms with Crippen LogP contribution in [0.4, 0.5) is 0 Å². The molecule has 0 N–H and O–H groups in total. The molecule has 0 saturated carbocycles. The minimum Gasteiger partial charge on any atom is -0.253 e. The molecule has 0 aliphatic rings. The molecule has 1 nitrogen and oxygen atoms in total. The molecule has 0 amide bonds. The highest BCUT2D eigenvalue weighted by Crippen LogP contribution is 2.21. The minimum atomic E-state index is 0.589. The molecule has 0 aliphatic carbocycles. The van der Waals surface area contributed by atoms with E-state index in [1.54, 1.807) is 0 Å². The monoisotopic (exact) mass is 245 g/mol. The Bertz CT molecular complexity index is 552. The van der Waals surface area contributed by atoms with E-state index in [9.17, 15) is 0 Å². The lowest BCUT2D eigenvalue weighted by Gasteiger charge is -2.06. The van der Waals surface area contributed by atoms with Crippen molar-refractivity contribution in [3.8, 4) is 0 Å². The maximum atomic E-state index is 5.92. The first kappa shape index (κ1) is 12.1. The molecule has 0 radical (unpaired) electrons. The quantitative estimate of drug-likeness (QED) is 0.722. The van der Waals surface area contributed by atoms with Crippen molar-refractivity contribution in [3.05, 3.63) is 47.2 Å². The summed E-state index contributed by atoms with van der Waals surface area (Å²) in [5.74, 6) is 0.589. The standard InChI is InChI=1S/C15H16ClN/c1-3-12(10-16)9-13-8-11(2)17-15-7-5-4-6-14(13)15/h4-9H,3,10H2,1-2H3. The van der Waals surface area contributed by atoms with Crippen LogP contribution in [0.5, 0.6) is 0 Å². The number of halogens is 1. The van der Waals surface area contributed by atoms with E-state index in [0.29, 0.717) is 5.88 Å². The molecular weight excluding hydrogens is 230 g/mol. The van der Waals surface area contributed by atoms with E-state index in [-0.39, 0.29) is 0 Å². The normalized spacial score (nSPS) is 12.1. The van der Waals surface area contributed by atoms with Crippen molar-refractivity contribution in [2.75, 3.05) is 5.88 Å². The molecule has 2 aromatic rings.